The van der Waals surface area contributed by atoms with E-state index in [0.717, 1.165) is 58.9 Å². The van der Waals surface area contributed by atoms with Crippen LogP contribution in [0.25, 0.3) is 17.1 Å². The standard InChI is InChI=1S/C33H28F5N7O5S/c1-18(2)24-14-5-19(3)15-25(24)44-26(46)17-51-31(44)41-30(48)42-39-16-20-6-8-21(9-7-20)27-40-28(29(47)49-4)45(43-27)22-10-12-23(13-11-22)50-33(37,38)32(34,35)36/h5-16,18H,17H2,1-4H3,(H,42,48)/b39-16+,41-31?. The van der Waals surface area contributed by atoms with Gasteiger partial charge in [0.2, 0.25) is 11.7 Å². The number of aromatic nitrogens is 3. The molecule has 3 aromatic carbocycles. The number of carbonyl (C=O) groups is 3. The summed E-state index contributed by atoms with van der Waals surface area (Å²) >= 11 is 1.15. The Kier molecular flexibility index (Phi) is 10.5. The first kappa shape index (κ1) is 36.6. The molecule has 2 heterocycles. The number of esters is 1. The third kappa shape index (κ3) is 8.22. The minimum atomic E-state index is -5.92. The number of hydrazone groups is 1. The van der Waals surface area contributed by atoms with Gasteiger partial charge >= 0.3 is 24.3 Å². The van der Waals surface area contributed by atoms with Gasteiger partial charge in [-0.05, 0) is 59.9 Å². The van der Waals surface area contributed by atoms with Crippen molar-refractivity contribution in [3.05, 3.63) is 89.2 Å². The number of aliphatic imine (C=N–C) groups is 1. The van der Waals surface area contributed by atoms with Crippen molar-refractivity contribution >= 4 is 46.7 Å². The average Bonchev–Trinajstić information content (AvgIpc) is 3.68. The third-order valence-electron chi connectivity index (χ3n) is 7.19. The predicted octanol–water partition coefficient (Wildman–Crippen LogP) is 6.87. The number of methoxy groups -OCH3 is 1. The number of aryl methyl sites for hydroxylation is 1. The van der Waals surface area contributed by atoms with Gasteiger partial charge in [-0.15, -0.1) is 5.10 Å². The van der Waals surface area contributed by atoms with Crippen molar-refractivity contribution in [1.82, 2.24) is 20.2 Å². The number of benzene rings is 3. The highest BCUT2D eigenvalue weighted by Gasteiger charge is 2.61. The number of nitrogens with zero attached hydrogens (tertiary/aromatic N) is 6. The van der Waals surface area contributed by atoms with Crippen molar-refractivity contribution in [2.24, 2.45) is 10.1 Å². The van der Waals surface area contributed by atoms with Crippen LogP contribution in [0.3, 0.4) is 0 Å². The van der Waals surface area contributed by atoms with Gasteiger partial charge in [0.15, 0.2) is 11.0 Å². The molecule has 51 heavy (non-hydrogen) atoms. The number of carbonyl (C=O) groups excluding carboxylic acids is 3. The number of anilines is 1. The van der Waals surface area contributed by atoms with Gasteiger partial charge in [0.1, 0.15) is 5.75 Å². The minimum Gasteiger partial charge on any atom is -0.463 e. The van der Waals surface area contributed by atoms with Crippen LogP contribution in [0.1, 0.15) is 47.1 Å². The van der Waals surface area contributed by atoms with Crippen LogP contribution >= 0.6 is 11.8 Å². The van der Waals surface area contributed by atoms with Crippen LogP contribution in [-0.4, -0.2) is 69.2 Å². The van der Waals surface area contributed by atoms with Crippen LogP contribution in [0.15, 0.2) is 76.8 Å². The van der Waals surface area contributed by atoms with Gasteiger partial charge in [-0.1, -0.05) is 62.0 Å². The molecule has 0 bridgehead atoms. The van der Waals surface area contributed by atoms with Crippen molar-refractivity contribution in [1.29, 1.82) is 0 Å². The number of ether oxygens (including phenoxy) is 2. The molecule has 0 unspecified atom stereocenters. The smallest absolute Gasteiger partial charge is 0.463 e. The zero-order chi connectivity index (χ0) is 37.1. The topological polar surface area (TPSA) is 140 Å². The molecule has 1 aliphatic rings. The molecule has 266 valence electrons. The Labute approximate surface area is 291 Å². The molecule has 0 radical (unpaired) electrons. The second-order valence-electron chi connectivity index (χ2n) is 11.2. The lowest BCUT2D eigenvalue weighted by Crippen LogP contribution is -2.41. The van der Waals surface area contributed by atoms with Crippen molar-refractivity contribution in [2.45, 2.75) is 39.0 Å². The van der Waals surface area contributed by atoms with Crippen LogP contribution < -0.4 is 15.1 Å². The second-order valence-corrected chi connectivity index (χ2v) is 12.1. The molecule has 1 fully saturated rings. The molecular weight excluding hydrogens is 701 g/mol. The highest BCUT2D eigenvalue weighted by molar-refractivity contribution is 8.15. The minimum absolute atomic E-state index is 0.0503. The number of hydrogen-bond acceptors (Lipinski definition) is 9. The number of urea groups is 1. The molecule has 1 aliphatic heterocycles. The number of halogens is 5. The summed E-state index contributed by atoms with van der Waals surface area (Å²) in [6.45, 7) is 5.93. The first-order chi connectivity index (χ1) is 24.1. The number of hydrogen-bond donors (Lipinski definition) is 1. The van der Waals surface area contributed by atoms with E-state index in [1.54, 1.807) is 24.3 Å². The van der Waals surface area contributed by atoms with Gasteiger partial charge in [0.05, 0.1) is 30.5 Å². The zero-order valence-electron chi connectivity index (χ0n) is 27.2. The molecule has 0 saturated carbocycles. The van der Waals surface area contributed by atoms with Gasteiger partial charge < -0.3 is 9.47 Å². The maximum atomic E-state index is 13.3. The van der Waals surface area contributed by atoms with Crippen molar-refractivity contribution in [3.63, 3.8) is 0 Å². The van der Waals surface area contributed by atoms with Crippen LogP contribution in [0, 0.1) is 6.92 Å². The van der Waals surface area contributed by atoms with Crippen LogP contribution in [0.4, 0.5) is 32.4 Å². The Bertz CT molecular complexity index is 2010. The Hall–Kier alpha value is -5.65. The summed E-state index contributed by atoms with van der Waals surface area (Å²) in [6, 6.07) is 15.3. The van der Waals surface area contributed by atoms with Gasteiger partial charge in [-0.25, -0.2) is 24.7 Å². The Balaban J connectivity index is 1.29. The van der Waals surface area contributed by atoms with E-state index in [2.05, 4.69) is 30.3 Å². The second kappa shape index (κ2) is 14.7. The number of nitrogens with one attached hydrogen (secondary N) is 1. The fourth-order valence-electron chi connectivity index (χ4n) is 4.71. The van der Waals surface area contributed by atoms with Gasteiger partial charge in [0.25, 0.3) is 0 Å². The summed E-state index contributed by atoms with van der Waals surface area (Å²) in [5.41, 5.74) is 5.94. The van der Waals surface area contributed by atoms with E-state index in [1.807, 2.05) is 39.0 Å². The van der Waals surface area contributed by atoms with E-state index in [4.69, 9.17) is 4.74 Å². The van der Waals surface area contributed by atoms with E-state index in [9.17, 15) is 36.3 Å². The first-order valence-electron chi connectivity index (χ1n) is 15.0. The summed E-state index contributed by atoms with van der Waals surface area (Å²) in [5.74, 6) is -1.87. The van der Waals surface area contributed by atoms with E-state index in [1.165, 1.54) is 11.1 Å². The van der Waals surface area contributed by atoms with Crippen molar-refractivity contribution in [3.8, 4) is 22.8 Å². The Morgan fingerprint density at radius 3 is 2.33 bits per heavy atom. The number of thioether (sulfide) groups is 1. The molecule has 0 aliphatic carbocycles. The Morgan fingerprint density at radius 2 is 1.71 bits per heavy atom. The van der Waals surface area contributed by atoms with Crippen molar-refractivity contribution < 1.29 is 45.8 Å². The fraction of sp³-hybridized carbons (Fsp3) is 0.242. The number of amidine groups is 1. The SMILES string of the molecule is COC(=O)c1nc(-c2ccc(/C=N/NC(=O)N=C3SCC(=O)N3c3cc(C)ccc3C(C)C)cc2)nn1-c1ccc(OC(F)(F)C(F)(F)F)cc1. The molecule has 1 saturated heterocycles. The average molecular weight is 730 g/mol. The highest BCUT2D eigenvalue weighted by atomic mass is 32.2. The summed E-state index contributed by atoms with van der Waals surface area (Å²) in [5, 5.41) is 8.45. The zero-order valence-corrected chi connectivity index (χ0v) is 28.1. The van der Waals surface area contributed by atoms with E-state index >= 15 is 0 Å². The largest absolute Gasteiger partial charge is 0.499 e. The molecule has 0 spiro atoms. The molecule has 1 N–H and O–H groups in total. The lowest BCUT2D eigenvalue weighted by atomic mass is 9.99. The van der Waals surface area contributed by atoms with E-state index < -0.39 is 30.0 Å². The summed E-state index contributed by atoms with van der Waals surface area (Å²) in [7, 11) is 1.10. The molecule has 0 atom stereocenters. The van der Waals surface area contributed by atoms with Crippen LogP contribution in [0.2, 0.25) is 0 Å². The maximum Gasteiger partial charge on any atom is 0.499 e. The summed E-state index contributed by atoms with van der Waals surface area (Å²) in [6.07, 6.45) is -9.99. The quantitative estimate of drug-likeness (QED) is 0.0853. The van der Waals surface area contributed by atoms with Gasteiger partial charge in [0, 0.05) is 5.56 Å². The van der Waals surface area contributed by atoms with Crippen molar-refractivity contribution in [2.75, 3.05) is 17.8 Å². The lowest BCUT2D eigenvalue weighted by molar-refractivity contribution is -0.360. The fourth-order valence-corrected chi connectivity index (χ4v) is 5.57. The summed E-state index contributed by atoms with van der Waals surface area (Å²) in [4.78, 5) is 47.6. The lowest BCUT2D eigenvalue weighted by Gasteiger charge is -2.22. The predicted molar refractivity (Wildman–Crippen MR) is 179 cm³/mol. The molecule has 4 aromatic rings. The van der Waals surface area contributed by atoms with Gasteiger partial charge in [-0.2, -0.15) is 32.0 Å². The maximum absolute atomic E-state index is 13.3. The molecule has 12 nitrogen and oxygen atoms in total. The molecular formula is C33H28F5N7O5S. The third-order valence-corrected chi connectivity index (χ3v) is 8.11. The monoisotopic (exact) mass is 729 g/mol. The van der Waals surface area contributed by atoms with Crippen LogP contribution in [0.5, 0.6) is 5.75 Å². The highest BCUT2D eigenvalue weighted by Crippen LogP contribution is 2.38. The molecule has 18 heteroatoms. The molecule has 1 aromatic heterocycles. The summed E-state index contributed by atoms with van der Waals surface area (Å²) < 4.78 is 73.7. The number of alkyl halides is 5. The molecule has 5 rings (SSSR count). The van der Waals surface area contributed by atoms with E-state index in [-0.39, 0.29) is 40.1 Å². The normalized spacial score (nSPS) is 14.5. The van der Waals surface area contributed by atoms with E-state index in [0.29, 0.717) is 16.8 Å². The first-order valence-corrected chi connectivity index (χ1v) is 15.9. The van der Waals surface area contributed by atoms with Gasteiger partial charge in [-0.3, -0.25) is 9.69 Å². The van der Waals surface area contributed by atoms with Crippen LogP contribution in [-0.2, 0) is 9.53 Å². The number of rotatable bonds is 9. The molecule has 3 amide bonds. The Morgan fingerprint density at radius 1 is 1.02 bits per heavy atom. The number of amides is 3.